The van der Waals surface area contributed by atoms with Crippen molar-refractivity contribution in [2.45, 2.75) is 51.4 Å². The highest BCUT2D eigenvalue weighted by molar-refractivity contribution is 6.58. The van der Waals surface area contributed by atoms with E-state index in [4.69, 9.17) is 10.5 Å². The fourth-order valence-electron chi connectivity index (χ4n) is 4.04. The number of nitrogens with two attached hydrogens (primary N) is 1. The van der Waals surface area contributed by atoms with Gasteiger partial charge in [-0.05, 0) is 5.41 Å². The van der Waals surface area contributed by atoms with E-state index in [1.807, 2.05) is 4.57 Å². The highest BCUT2D eigenvalue weighted by atomic mass is 28.3. The summed E-state index contributed by atoms with van der Waals surface area (Å²) in [5.41, 5.74) is 6.78. The molecule has 0 saturated carbocycles. The van der Waals surface area contributed by atoms with Crippen LogP contribution in [-0.2, 0) is 10.1 Å². The van der Waals surface area contributed by atoms with Gasteiger partial charge in [0, 0.05) is 5.92 Å². The van der Waals surface area contributed by atoms with Gasteiger partial charge in [0.1, 0.15) is 32.1 Å². The number of nitrogens with zero attached hydrogens (tertiary/aromatic N) is 4. The second kappa shape index (κ2) is 6.01. The van der Waals surface area contributed by atoms with Crippen LogP contribution in [0.4, 0.5) is 5.82 Å². The molecule has 1 saturated heterocycles. The van der Waals surface area contributed by atoms with Gasteiger partial charge in [0.25, 0.3) is 0 Å². The van der Waals surface area contributed by atoms with E-state index in [1.165, 1.54) is 6.33 Å². The molecular formula is C16H26N5O3Si. The maximum Gasteiger partial charge on any atom is 0.167 e. The van der Waals surface area contributed by atoms with Crippen LogP contribution < -0.4 is 5.73 Å². The van der Waals surface area contributed by atoms with E-state index in [1.54, 1.807) is 6.33 Å². The molecule has 4 N–H and O–H groups in total. The molecule has 137 valence electrons. The van der Waals surface area contributed by atoms with Crippen LogP contribution in [0.1, 0.15) is 20.8 Å². The molecule has 0 unspecified atom stereocenters. The van der Waals surface area contributed by atoms with Crippen molar-refractivity contribution in [3.8, 4) is 0 Å². The molecule has 3 heterocycles. The Labute approximate surface area is 148 Å². The first-order valence-electron chi connectivity index (χ1n) is 8.36. The highest BCUT2D eigenvalue weighted by Crippen LogP contribution is 2.51. The van der Waals surface area contributed by atoms with Crippen LogP contribution in [0.5, 0.6) is 0 Å². The molecule has 0 bridgehead atoms. The van der Waals surface area contributed by atoms with Gasteiger partial charge >= 0.3 is 0 Å². The van der Waals surface area contributed by atoms with Gasteiger partial charge in [-0.2, -0.15) is 0 Å². The van der Waals surface area contributed by atoms with E-state index >= 15 is 0 Å². The van der Waals surface area contributed by atoms with E-state index < -0.39 is 26.4 Å². The van der Waals surface area contributed by atoms with E-state index in [-0.39, 0.29) is 17.9 Å². The maximum atomic E-state index is 10.9. The van der Waals surface area contributed by atoms with E-state index in [0.29, 0.717) is 17.0 Å². The zero-order chi connectivity index (χ0) is 18.6. The number of fused-ring (bicyclic) bond motifs is 1. The lowest BCUT2D eigenvalue weighted by Gasteiger charge is -2.45. The normalized spacial score (nSPS) is 30.5. The van der Waals surface area contributed by atoms with Crippen molar-refractivity contribution in [1.29, 1.82) is 0 Å². The van der Waals surface area contributed by atoms with Crippen LogP contribution >= 0.6 is 0 Å². The Kier molecular flexibility index (Phi) is 4.39. The lowest BCUT2D eigenvalue weighted by Crippen LogP contribution is -2.55. The van der Waals surface area contributed by atoms with Gasteiger partial charge in [0.15, 0.2) is 11.5 Å². The molecule has 9 heteroatoms. The molecule has 8 nitrogen and oxygen atoms in total. The minimum Gasteiger partial charge on any atom is -0.394 e. The van der Waals surface area contributed by atoms with Gasteiger partial charge in [-0.25, -0.2) is 15.0 Å². The topological polar surface area (TPSA) is 119 Å². The molecule has 1 radical (unpaired) electrons. The summed E-state index contributed by atoms with van der Waals surface area (Å²) in [5.74, 6) is 0.0686. The van der Waals surface area contributed by atoms with Crippen LogP contribution in [-0.4, -0.2) is 57.3 Å². The fourth-order valence-corrected chi connectivity index (χ4v) is 6.30. The SMILES string of the molecule is C[Si](C)[C@@]1(n2cnc3c(N)ncnc32)O[C@H](CO)[C@@H](O)[C@H]1C(C)(C)C. The predicted octanol–water partition coefficient (Wildman–Crippen LogP) is 0.769. The molecular weight excluding hydrogens is 338 g/mol. The van der Waals surface area contributed by atoms with Crippen LogP contribution in [0.15, 0.2) is 12.7 Å². The standard InChI is InChI=1S/C16H26N5O3Si/c1-15(2,3)12-11(23)9(6-22)24-16(12,25(4)5)21-8-20-10-13(17)18-7-19-14(10)21/h7-9,11-12,22-23H,6H2,1-5H3,(H2,17,18,19)/t9-,11-,12+,16+/m1/s1. The molecule has 0 amide bonds. The van der Waals surface area contributed by atoms with E-state index in [0.717, 1.165) is 0 Å². The summed E-state index contributed by atoms with van der Waals surface area (Å²) < 4.78 is 8.26. The number of hydrogen-bond donors (Lipinski definition) is 3. The highest BCUT2D eigenvalue weighted by Gasteiger charge is 2.61. The number of hydrogen-bond acceptors (Lipinski definition) is 7. The van der Waals surface area contributed by atoms with Crippen molar-refractivity contribution < 1.29 is 14.9 Å². The number of aromatic nitrogens is 4. The smallest absolute Gasteiger partial charge is 0.167 e. The van der Waals surface area contributed by atoms with Gasteiger partial charge in [0.05, 0.1) is 19.0 Å². The molecule has 3 rings (SSSR count). The number of rotatable bonds is 3. The Morgan fingerprint density at radius 2 is 2.00 bits per heavy atom. The zero-order valence-electron chi connectivity index (χ0n) is 15.3. The van der Waals surface area contributed by atoms with E-state index in [9.17, 15) is 10.2 Å². The molecule has 4 atom stereocenters. The van der Waals surface area contributed by atoms with Crippen molar-refractivity contribution in [2.75, 3.05) is 12.3 Å². The fraction of sp³-hybridized carbons (Fsp3) is 0.688. The molecule has 1 fully saturated rings. The predicted molar refractivity (Wildman–Crippen MR) is 96.1 cm³/mol. The third-order valence-corrected chi connectivity index (χ3v) is 7.13. The monoisotopic (exact) mass is 364 g/mol. The summed E-state index contributed by atoms with van der Waals surface area (Å²) in [4.78, 5) is 12.8. The molecule has 1 aliphatic rings. The summed E-state index contributed by atoms with van der Waals surface area (Å²) >= 11 is 0. The van der Waals surface area contributed by atoms with Crippen molar-refractivity contribution in [3.63, 3.8) is 0 Å². The van der Waals surface area contributed by atoms with Gasteiger partial charge < -0.3 is 20.7 Å². The van der Waals surface area contributed by atoms with Crippen LogP contribution in [0, 0.1) is 11.3 Å². The lowest BCUT2D eigenvalue weighted by molar-refractivity contribution is -0.0856. The second-order valence-corrected chi connectivity index (χ2v) is 10.6. The van der Waals surface area contributed by atoms with Gasteiger partial charge in [-0.15, -0.1) is 0 Å². The molecule has 25 heavy (non-hydrogen) atoms. The van der Waals surface area contributed by atoms with Crippen LogP contribution in [0.2, 0.25) is 13.1 Å². The number of nitrogen functional groups attached to an aromatic ring is 1. The zero-order valence-corrected chi connectivity index (χ0v) is 16.3. The quantitative estimate of drug-likeness (QED) is 0.688. The van der Waals surface area contributed by atoms with E-state index in [2.05, 4.69) is 48.8 Å². The van der Waals surface area contributed by atoms with Gasteiger partial charge in [0.2, 0.25) is 0 Å². The summed E-state index contributed by atoms with van der Waals surface area (Å²) in [7, 11) is -1.17. The van der Waals surface area contributed by atoms with Crippen molar-refractivity contribution in [3.05, 3.63) is 12.7 Å². The minimum atomic E-state index is -1.17. The first-order chi connectivity index (χ1) is 11.6. The number of aliphatic hydroxyl groups excluding tert-OH is 2. The first-order valence-corrected chi connectivity index (χ1v) is 10.9. The lowest BCUT2D eigenvalue weighted by atomic mass is 9.76. The second-order valence-electron chi connectivity index (χ2n) is 7.92. The average Bonchev–Trinajstić information content (AvgIpc) is 3.07. The summed E-state index contributed by atoms with van der Waals surface area (Å²) in [6, 6.07) is 0. The molecule has 2 aromatic rings. The number of imidazole rings is 1. The van der Waals surface area contributed by atoms with Crippen LogP contribution in [0.3, 0.4) is 0 Å². The Balaban J connectivity index is 2.30. The Bertz CT molecular complexity index is 775. The molecule has 2 aromatic heterocycles. The van der Waals surface area contributed by atoms with Crippen molar-refractivity contribution >= 4 is 25.8 Å². The summed E-state index contributed by atoms with van der Waals surface area (Å²) in [6.07, 6.45) is 1.63. The molecule has 0 aromatic carbocycles. The van der Waals surface area contributed by atoms with Crippen molar-refractivity contribution in [2.24, 2.45) is 11.3 Å². The third kappa shape index (κ3) is 2.57. The number of ether oxygens (including phenoxy) is 1. The Morgan fingerprint density at radius 3 is 2.56 bits per heavy atom. The van der Waals surface area contributed by atoms with Crippen molar-refractivity contribution in [1.82, 2.24) is 19.5 Å². The van der Waals surface area contributed by atoms with Gasteiger partial charge in [-0.1, -0.05) is 33.9 Å². The summed E-state index contributed by atoms with van der Waals surface area (Å²) in [6.45, 7) is 10.2. The maximum absolute atomic E-state index is 10.9. The Morgan fingerprint density at radius 1 is 1.32 bits per heavy atom. The molecule has 1 aliphatic heterocycles. The largest absolute Gasteiger partial charge is 0.394 e. The molecule has 0 aliphatic carbocycles. The van der Waals surface area contributed by atoms with Crippen LogP contribution in [0.25, 0.3) is 11.2 Å². The minimum absolute atomic E-state index is 0.241. The molecule has 0 spiro atoms. The van der Waals surface area contributed by atoms with Gasteiger partial charge in [-0.3, -0.25) is 4.57 Å². The number of aliphatic hydroxyl groups is 2. The third-order valence-electron chi connectivity index (χ3n) is 5.02. The average molecular weight is 365 g/mol. The number of anilines is 1. The Hall–Kier alpha value is -1.55. The summed E-state index contributed by atoms with van der Waals surface area (Å²) in [5, 5.41) is 19.9. The first kappa shape index (κ1) is 18.2.